The van der Waals surface area contributed by atoms with Crippen LogP contribution in [0.3, 0.4) is 0 Å². The fourth-order valence-corrected chi connectivity index (χ4v) is 2.54. The van der Waals surface area contributed by atoms with Crippen molar-refractivity contribution in [2.45, 2.75) is 12.0 Å². The molecular weight excluding hydrogens is 289 g/mol. The van der Waals surface area contributed by atoms with E-state index in [1.54, 1.807) is 6.92 Å². The van der Waals surface area contributed by atoms with E-state index in [1.165, 1.54) is 12.1 Å². The van der Waals surface area contributed by atoms with Crippen molar-refractivity contribution in [2.24, 2.45) is 0 Å². The molecule has 0 spiro atoms. The highest BCUT2D eigenvalue weighted by Gasteiger charge is 2.21. The van der Waals surface area contributed by atoms with Gasteiger partial charge in [-0.3, -0.25) is 4.72 Å². The lowest BCUT2D eigenvalue weighted by Crippen LogP contribution is -2.13. The molecule has 20 heavy (non-hydrogen) atoms. The summed E-state index contributed by atoms with van der Waals surface area (Å²) < 4.78 is 43.9. The molecule has 0 unspecified atom stereocenters. The second-order valence-corrected chi connectivity index (χ2v) is 5.60. The van der Waals surface area contributed by atoms with E-state index in [4.69, 9.17) is 9.52 Å². The first-order valence-electron chi connectivity index (χ1n) is 5.42. The molecule has 0 aliphatic heterocycles. The number of carbonyl (C=O) groups is 1. The summed E-state index contributed by atoms with van der Waals surface area (Å²) >= 11 is 0. The Morgan fingerprint density at radius 3 is 2.60 bits per heavy atom. The lowest BCUT2D eigenvalue weighted by atomic mass is 10.2. The highest BCUT2D eigenvalue weighted by Crippen LogP contribution is 2.22. The average Bonchev–Trinajstić information content (AvgIpc) is 2.84. The SMILES string of the molecule is Cc1ccc(F)cc1NS(=O)(=O)c1ccc(C(=O)O)o1. The van der Waals surface area contributed by atoms with Crippen molar-refractivity contribution in [3.8, 4) is 0 Å². The van der Waals surface area contributed by atoms with Gasteiger partial charge in [0.1, 0.15) is 5.82 Å². The Bertz CT molecular complexity index is 766. The topological polar surface area (TPSA) is 96.6 Å². The first-order chi connectivity index (χ1) is 9.29. The first-order valence-corrected chi connectivity index (χ1v) is 6.90. The molecule has 0 aliphatic carbocycles. The van der Waals surface area contributed by atoms with Crippen LogP contribution in [0.1, 0.15) is 16.1 Å². The Hall–Kier alpha value is -2.35. The van der Waals surface area contributed by atoms with Crippen molar-refractivity contribution in [1.82, 2.24) is 0 Å². The van der Waals surface area contributed by atoms with E-state index in [2.05, 4.69) is 4.72 Å². The smallest absolute Gasteiger partial charge is 0.371 e. The number of nitrogens with one attached hydrogen (secondary N) is 1. The quantitative estimate of drug-likeness (QED) is 0.902. The van der Waals surface area contributed by atoms with Crippen molar-refractivity contribution >= 4 is 21.7 Å². The molecule has 2 rings (SSSR count). The van der Waals surface area contributed by atoms with Crippen LogP contribution in [-0.4, -0.2) is 19.5 Å². The number of hydrogen-bond donors (Lipinski definition) is 2. The van der Waals surface area contributed by atoms with Crippen molar-refractivity contribution < 1.29 is 27.1 Å². The summed E-state index contributed by atoms with van der Waals surface area (Å²) in [6, 6.07) is 5.67. The molecule has 1 aromatic carbocycles. The van der Waals surface area contributed by atoms with Crippen LogP contribution in [0, 0.1) is 12.7 Å². The number of sulfonamides is 1. The summed E-state index contributed by atoms with van der Waals surface area (Å²) in [7, 11) is -4.11. The molecule has 0 saturated carbocycles. The van der Waals surface area contributed by atoms with Gasteiger partial charge in [-0.25, -0.2) is 9.18 Å². The molecule has 0 fully saturated rings. The van der Waals surface area contributed by atoms with E-state index in [0.717, 1.165) is 18.2 Å². The second-order valence-electron chi connectivity index (χ2n) is 3.99. The van der Waals surface area contributed by atoms with E-state index < -0.39 is 32.7 Å². The minimum Gasteiger partial charge on any atom is -0.475 e. The number of aromatic carboxylic acids is 1. The molecule has 1 heterocycles. The Labute approximate surface area is 113 Å². The van der Waals surface area contributed by atoms with Crippen LogP contribution in [0.4, 0.5) is 10.1 Å². The normalized spacial score (nSPS) is 11.3. The van der Waals surface area contributed by atoms with Gasteiger partial charge in [0.2, 0.25) is 10.9 Å². The fraction of sp³-hybridized carbons (Fsp3) is 0.0833. The number of furan rings is 1. The first kappa shape index (κ1) is 14.1. The van der Waals surface area contributed by atoms with Gasteiger partial charge in [0.05, 0.1) is 5.69 Å². The minimum atomic E-state index is -4.11. The molecule has 0 atom stereocenters. The van der Waals surface area contributed by atoms with E-state index >= 15 is 0 Å². The molecule has 2 aromatic rings. The van der Waals surface area contributed by atoms with Crippen LogP contribution in [0.25, 0.3) is 0 Å². The van der Waals surface area contributed by atoms with Crippen LogP contribution in [0.5, 0.6) is 0 Å². The van der Waals surface area contributed by atoms with Crippen molar-refractivity contribution in [3.05, 3.63) is 47.5 Å². The number of benzene rings is 1. The van der Waals surface area contributed by atoms with Crippen LogP contribution >= 0.6 is 0 Å². The standard InChI is InChI=1S/C12H10FNO5S/c1-7-2-3-8(13)6-9(7)14-20(17,18)11-5-4-10(19-11)12(15)16/h2-6,14H,1H3,(H,15,16). The summed E-state index contributed by atoms with van der Waals surface area (Å²) in [5, 5.41) is 8.12. The van der Waals surface area contributed by atoms with Crippen LogP contribution < -0.4 is 4.72 Å². The fourth-order valence-electron chi connectivity index (χ4n) is 1.48. The number of carboxylic acids is 1. The zero-order valence-corrected chi connectivity index (χ0v) is 11.1. The Balaban J connectivity index is 2.35. The predicted molar refractivity (Wildman–Crippen MR) is 67.6 cm³/mol. The molecule has 0 bridgehead atoms. The van der Waals surface area contributed by atoms with Gasteiger partial charge in [0.15, 0.2) is 0 Å². The molecule has 0 saturated heterocycles. The maximum absolute atomic E-state index is 13.1. The molecule has 0 amide bonds. The molecule has 6 nitrogen and oxygen atoms in total. The monoisotopic (exact) mass is 299 g/mol. The van der Waals surface area contributed by atoms with E-state index in [9.17, 15) is 17.6 Å². The average molecular weight is 299 g/mol. The Kier molecular flexibility index (Phi) is 3.49. The molecule has 8 heteroatoms. The third kappa shape index (κ3) is 2.80. The van der Waals surface area contributed by atoms with Gasteiger partial charge in [0.25, 0.3) is 10.0 Å². The number of anilines is 1. The second kappa shape index (κ2) is 4.97. The highest BCUT2D eigenvalue weighted by molar-refractivity contribution is 7.92. The third-order valence-corrected chi connectivity index (χ3v) is 3.74. The van der Waals surface area contributed by atoms with Crippen molar-refractivity contribution in [2.75, 3.05) is 4.72 Å². The van der Waals surface area contributed by atoms with Crippen molar-refractivity contribution in [3.63, 3.8) is 0 Å². The maximum atomic E-state index is 13.1. The number of aryl methyl sites for hydroxylation is 1. The van der Waals surface area contributed by atoms with Gasteiger partial charge in [-0.15, -0.1) is 0 Å². The Morgan fingerprint density at radius 2 is 2.00 bits per heavy atom. The van der Waals surface area contributed by atoms with Gasteiger partial charge < -0.3 is 9.52 Å². The van der Waals surface area contributed by atoms with Crippen LogP contribution in [0.2, 0.25) is 0 Å². The lowest BCUT2D eigenvalue weighted by Gasteiger charge is -2.08. The summed E-state index contributed by atoms with van der Waals surface area (Å²) in [5.41, 5.74) is 0.568. The van der Waals surface area contributed by atoms with Gasteiger partial charge in [-0.1, -0.05) is 6.07 Å². The molecule has 106 valence electrons. The zero-order valence-electron chi connectivity index (χ0n) is 10.3. The molecule has 0 aliphatic rings. The number of rotatable bonds is 4. The maximum Gasteiger partial charge on any atom is 0.371 e. The van der Waals surface area contributed by atoms with Gasteiger partial charge >= 0.3 is 5.97 Å². The van der Waals surface area contributed by atoms with Crippen molar-refractivity contribution in [1.29, 1.82) is 0 Å². The number of hydrogen-bond acceptors (Lipinski definition) is 4. The molecule has 2 N–H and O–H groups in total. The summed E-state index contributed by atoms with van der Waals surface area (Å²) in [6.07, 6.45) is 0. The zero-order chi connectivity index (χ0) is 14.9. The summed E-state index contributed by atoms with van der Waals surface area (Å²) in [4.78, 5) is 10.6. The predicted octanol–water partition coefficient (Wildman–Crippen LogP) is 2.23. The molecular formula is C12H10FNO5S. The highest BCUT2D eigenvalue weighted by atomic mass is 32.2. The van der Waals surface area contributed by atoms with Gasteiger partial charge in [0, 0.05) is 0 Å². The largest absolute Gasteiger partial charge is 0.475 e. The summed E-state index contributed by atoms with van der Waals surface area (Å²) in [6.45, 7) is 1.60. The van der Waals surface area contributed by atoms with Gasteiger partial charge in [-0.2, -0.15) is 8.42 Å². The number of carboxylic acid groups (broad SMARTS) is 1. The summed E-state index contributed by atoms with van der Waals surface area (Å²) in [5.74, 6) is -2.48. The van der Waals surface area contributed by atoms with Crippen LogP contribution in [-0.2, 0) is 10.0 Å². The van der Waals surface area contributed by atoms with E-state index in [0.29, 0.717) is 5.56 Å². The molecule has 1 aromatic heterocycles. The Morgan fingerprint density at radius 1 is 1.30 bits per heavy atom. The van der Waals surface area contributed by atoms with Crippen LogP contribution in [0.15, 0.2) is 39.8 Å². The third-order valence-electron chi connectivity index (χ3n) is 2.50. The number of halogens is 1. The minimum absolute atomic E-state index is 0.0540. The molecule has 0 radical (unpaired) electrons. The lowest BCUT2D eigenvalue weighted by molar-refractivity contribution is 0.0656. The van der Waals surface area contributed by atoms with E-state index in [1.807, 2.05) is 0 Å². The van der Waals surface area contributed by atoms with Gasteiger partial charge in [-0.05, 0) is 36.8 Å². The van der Waals surface area contributed by atoms with E-state index in [-0.39, 0.29) is 5.69 Å².